The first-order chi connectivity index (χ1) is 8.93. The van der Waals surface area contributed by atoms with E-state index < -0.39 is 0 Å². The van der Waals surface area contributed by atoms with E-state index in [1.807, 2.05) is 0 Å². The monoisotopic (exact) mass is 245 g/mol. The molecule has 0 aromatic carbocycles. The second-order valence-electron chi connectivity index (χ2n) is 5.77. The smallest absolute Gasteiger partial charge is 0.0322 e. The molecule has 2 heteroatoms. The third kappa shape index (κ3) is 2.80. The molecule has 18 heavy (non-hydrogen) atoms. The Morgan fingerprint density at radius 3 is 2.39 bits per heavy atom. The van der Waals surface area contributed by atoms with Crippen LogP contribution >= 0.6 is 0 Å². The van der Waals surface area contributed by atoms with Crippen molar-refractivity contribution in [3.05, 3.63) is 30.3 Å². The van der Waals surface area contributed by atoms with Crippen LogP contribution in [-0.2, 0) is 0 Å². The lowest BCUT2D eigenvalue weighted by Gasteiger charge is -2.41. The predicted octanol–water partition coefficient (Wildman–Crippen LogP) is 2.98. The average molecular weight is 245 g/mol. The molecule has 3 aliphatic rings. The molecule has 2 nitrogen and oxygen atoms in total. The highest BCUT2D eigenvalue weighted by molar-refractivity contribution is 5.25. The highest BCUT2D eigenvalue weighted by Crippen LogP contribution is 2.24. The van der Waals surface area contributed by atoms with Crippen LogP contribution in [0.4, 0.5) is 0 Å². The molecule has 1 radical (unpaired) electrons. The molecule has 0 N–H and O–H groups in total. The fourth-order valence-corrected chi connectivity index (χ4v) is 3.51. The van der Waals surface area contributed by atoms with E-state index in [1.165, 1.54) is 64.0 Å². The maximum Gasteiger partial charge on any atom is 0.0322 e. The molecule has 0 amide bonds. The van der Waals surface area contributed by atoms with E-state index in [4.69, 9.17) is 0 Å². The van der Waals surface area contributed by atoms with Crippen LogP contribution in [0.5, 0.6) is 0 Å². The molecule has 0 aromatic rings. The third-order valence-electron chi connectivity index (χ3n) is 4.60. The van der Waals surface area contributed by atoms with Gasteiger partial charge in [0.1, 0.15) is 0 Å². The molecule has 2 aliphatic heterocycles. The summed E-state index contributed by atoms with van der Waals surface area (Å²) in [4.78, 5) is 5.32. The van der Waals surface area contributed by atoms with Crippen molar-refractivity contribution in [1.82, 2.24) is 9.80 Å². The zero-order valence-corrected chi connectivity index (χ0v) is 11.4. The summed E-state index contributed by atoms with van der Waals surface area (Å²) in [5, 5.41) is 0. The predicted molar refractivity (Wildman–Crippen MR) is 76.2 cm³/mol. The normalized spacial score (nSPS) is 27.3. The van der Waals surface area contributed by atoms with Gasteiger partial charge < -0.3 is 9.80 Å². The Bertz CT molecular complexity index is 318. The standard InChI is InChI=1S/C16H25N2/c1-3-7-15(8-4-1)18-13-9-16(10-14-18)17-11-5-2-6-12-17/h1,3,7-8,16H,2,4-6,9-14H2. The fourth-order valence-electron chi connectivity index (χ4n) is 3.51. The first kappa shape index (κ1) is 12.3. The van der Waals surface area contributed by atoms with Gasteiger partial charge in [-0.1, -0.05) is 18.6 Å². The van der Waals surface area contributed by atoms with Crippen LogP contribution in [0, 0.1) is 6.42 Å². The van der Waals surface area contributed by atoms with Crippen LogP contribution < -0.4 is 0 Å². The first-order valence-corrected chi connectivity index (χ1v) is 7.62. The Kier molecular flexibility index (Phi) is 4.04. The number of likely N-dealkylation sites (tertiary alicyclic amines) is 2. The largest absolute Gasteiger partial charge is 0.372 e. The summed E-state index contributed by atoms with van der Waals surface area (Å²) in [6.07, 6.45) is 17.2. The van der Waals surface area contributed by atoms with Crippen molar-refractivity contribution in [3.63, 3.8) is 0 Å². The Hall–Kier alpha value is -0.760. The van der Waals surface area contributed by atoms with Gasteiger partial charge in [0.05, 0.1) is 0 Å². The van der Waals surface area contributed by atoms with E-state index in [0.717, 1.165) is 12.5 Å². The minimum atomic E-state index is 0.862. The van der Waals surface area contributed by atoms with Gasteiger partial charge in [-0.05, 0) is 57.7 Å². The van der Waals surface area contributed by atoms with Crippen LogP contribution in [0.25, 0.3) is 0 Å². The zero-order valence-electron chi connectivity index (χ0n) is 11.4. The molecular formula is C16H25N2. The van der Waals surface area contributed by atoms with E-state index in [2.05, 4.69) is 34.4 Å². The van der Waals surface area contributed by atoms with Gasteiger partial charge in [0.15, 0.2) is 0 Å². The van der Waals surface area contributed by atoms with Gasteiger partial charge in [-0.25, -0.2) is 0 Å². The van der Waals surface area contributed by atoms with Gasteiger partial charge in [-0.15, -0.1) is 0 Å². The summed E-state index contributed by atoms with van der Waals surface area (Å²) in [5.74, 6) is 0. The molecule has 0 aromatic heterocycles. The van der Waals surface area contributed by atoms with Gasteiger partial charge in [0.25, 0.3) is 0 Å². The molecule has 0 atom stereocenters. The molecule has 0 spiro atoms. The van der Waals surface area contributed by atoms with Crippen LogP contribution in [0.1, 0.15) is 38.5 Å². The SMILES string of the molecule is [CH]1C=CC(N2CCC(N3CCCCC3)CC2)=CC1. The number of hydrogen-bond acceptors (Lipinski definition) is 2. The lowest BCUT2D eigenvalue weighted by atomic mass is 9.99. The average Bonchev–Trinajstić information content (AvgIpc) is 2.49. The fraction of sp³-hybridized carbons (Fsp3) is 0.688. The van der Waals surface area contributed by atoms with Gasteiger partial charge in [-0.3, -0.25) is 0 Å². The van der Waals surface area contributed by atoms with Gasteiger partial charge in [-0.2, -0.15) is 0 Å². The molecule has 2 heterocycles. The van der Waals surface area contributed by atoms with Crippen LogP contribution in [0.15, 0.2) is 23.9 Å². The lowest BCUT2D eigenvalue weighted by molar-refractivity contribution is 0.106. The lowest BCUT2D eigenvalue weighted by Crippen LogP contribution is -2.46. The van der Waals surface area contributed by atoms with Gasteiger partial charge >= 0.3 is 0 Å². The second-order valence-corrected chi connectivity index (χ2v) is 5.77. The molecule has 1 aliphatic carbocycles. The van der Waals surface area contributed by atoms with Crippen LogP contribution in [-0.4, -0.2) is 42.0 Å². The van der Waals surface area contributed by atoms with Crippen molar-refractivity contribution in [1.29, 1.82) is 0 Å². The van der Waals surface area contributed by atoms with Crippen molar-refractivity contribution >= 4 is 0 Å². The summed E-state index contributed by atoms with van der Waals surface area (Å²) in [6, 6.07) is 0.862. The third-order valence-corrected chi connectivity index (χ3v) is 4.60. The molecule has 2 saturated heterocycles. The highest BCUT2D eigenvalue weighted by atomic mass is 15.2. The minimum Gasteiger partial charge on any atom is -0.372 e. The highest BCUT2D eigenvalue weighted by Gasteiger charge is 2.25. The van der Waals surface area contributed by atoms with E-state index in [-0.39, 0.29) is 0 Å². The number of rotatable bonds is 2. The summed E-state index contributed by atoms with van der Waals surface area (Å²) in [5.41, 5.74) is 1.45. The quantitative estimate of drug-likeness (QED) is 0.738. The Morgan fingerprint density at radius 1 is 0.944 bits per heavy atom. The summed E-state index contributed by atoms with van der Waals surface area (Å²) < 4.78 is 0. The number of allylic oxidation sites excluding steroid dienone is 3. The van der Waals surface area contributed by atoms with Crippen molar-refractivity contribution in [2.24, 2.45) is 0 Å². The Morgan fingerprint density at radius 2 is 1.72 bits per heavy atom. The maximum absolute atomic E-state index is 2.75. The Labute approximate surface area is 111 Å². The molecule has 0 unspecified atom stereocenters. The van der Waals surface area contributed by atoms with Crippen molar-refractivity contribution in [2.45, 2.75) is 44.6 Å². The maximum atomic E-state index is 2.75. The molecule has 3 rings (SSSR count). The minimum absolute atomic E-state index is 0.862. The first-order valence-electron chi connectivity index (χ1n) is 7.62. The second kappa shape index (κ2) is 5.92. The number of nitrogens with zero attached hydrogens (tertiary/aromatic N) is 2. The summed E-state index contributed by atoms with van der Waals surface area (Å²) in [7, 11) is 0. The van der Waals surface area contributed by atoms with E-state index in [9.17, 15) is 0 Å². The van der Waals surface area contributed by atoms with Crippen LogP contribution in [0.2, 0.25) is 0 Å². The van der Waals surface area contributed by atoms with E-state index in [1.54, 1.807) is 0 Å². The summed E-state index contributed by atoms with van der Waals surface area (Å²) >= 11 is 0. The molecular weight excluding hydrogens is 220 g/mol. The molecule has 0 saturated carbocycles. The topological polar surface area (TPSA) is 6.48 Å². The Balaban J connectivity index is 1.51. The van der Waals surface area contributed by atoms with Gasteiger partial charge in [0, 0.05) is 24.8 Å². The van der Waals surface area contributed by atoms with Crippen molar-refractivity contribution in [2.75, 3.05) is 26.2 Å². The van der Waals surface area contributed by atoms with Crippen LogP contribution in [0.3, 0.4) is 0 Å². The molecule has 99 valence electrons. The molecule has 0 bridgehead atoms. The van der Waals surface area contributed by atoms with Crippen molar-refractivity contribution in [3.8, 4) is 0 Å². The van der Waals surface area contributed by atoms with E-state index >= 15 is 0 Å². The molecule has 2 fully saturated rings. The number of hydrogen-bond donors (Lipinski definition) is 0. The van der Waals surface area contributed by atoms with Crippen molar-refractivity contribution < 1.29 is 0 Å². The zero-order chi connectivity index (χ0) is 12.2. The van der Waals surface area contributed by atoms with Gasteiger partial charge in [0.2, 0.25) is 0 Å². The number of piperidine rings is 2. The summed E-state index contributed by atoms with van der Waals surface area (Å²) in [6.45, 7) is 5.19. The van der Waals surface area contributed by atoms with E-state index in [0.29, 0.717) is 0 Å².